The molecule has 0 aromatic carbocycles. The van der Waals surface area contributed by atoms with Crippen LogP contribution in [0.5, 0.6) is 0 Å². The Bertz CT molecular complexity index is 656. The van der Waals surface area contributed by atoms with E-state index in [1.54, 1.807) is 20.8 Å². The summed E-state index contributed by atoms with van der Waals surface area (Å²) in [5.41, 5.74) is -0.686. The minimum atomic E-state index is -0.954. The van der Waals surface area contributed by atoms with Crippen molar-refractivity contribution in [2.75, 3.05) is 20.7 Å². The quantitative estimate of drug-likeness (QED) is 0.571. The molecule has 2 fully saturated rings. The lowest BCUT2D eigenvalue weighted by Crippen LogP contribution is -2.54. The molecule has 1 saturated carbocycles. The van der Waals surface area contributed by atoms with Crippen LogP contribution in [0, 0.1) is 11.8 Å². The number of piperidine rings is 1. The normalized spacial score (nSPS) is 21.1. The Labute approximate surface area is 178 Å². The lowest BCUT2D eigenvalue weighted by atomic mass is 9.91. The Morgan fingerprint density at radius 3 is 2.40 bits per heavy atom. The summed E-state index contributed by atoms with van der Waals surface area (Å²) in [5.74, 6) is -1.17. The second kappa shape index (κ2) is 10.1. The second-order valence-electron chi connectivity index (χ2n) is 9.24. The minimum Gasteiger partial charge on any atom is -0.467 e. The fraction of sp³-hybridized carbons (Fsp3) is 0.810. The third-order valence-electron chi connectivity index (χ3n) is 5.43. The number of likely N-dealkylation sites (N-methyl/N-ethyl adjacent to an activating group) is 1. The first-order valence-electron chi connectivity index (χ1n) is 10.6. The molecule has 0 aromatic heterocycles. The number of hydrogen-bond acceptors (Lipinski definition) is 6. The van der Waals surface area contributed by atoms with Crippen LogP contribution in [0.15, 0.2) is 0 Å². The van der Waals surface area contributed by atoms with Gasteiger partial charge in [-0.05, 0) is 52.4 Å². The molecule has 3 amide bonds. The number of carbonyl (C=O) groups is 4. The molecule has 9 nitrogen and oxygen atoms in total. The molecule has 1 aliphatic heterocycles. The smallest absolute Gasteiger partial charge is 0.410 e. The van der Waals surface area contributed by atoms with Gasteiger partial charge in [-0.1, -0.05) is 12.8 Å². The zero-order valence-electron chi connectivity index (χ0n) is 18.7. The maximum absolute atomic E-state index is 13.1. The van der Waals surface area contributed by atoms with Gasteiger partial charge in [-0.15, -0.1) is 0 Å². The molecule has 9 heteroatoms. The summed E-state index contributed by atoms with van der Waals surface area (Å²) in [4.78, 5) is 51.3. The van der Waals surface area contributed by atoms with E-state index in [0.29, 0.717) is 25.3 Å². The Kier molecular flexibility index (Phi) is 8.09. The first-order valence-corrected chi connectivity index (χ1v) is 10.6. The Morgan fingerprint density at radius 2 is 1.87 bits per heavy atom. The molecule has 2 N–H and O–H groups in total. The standard InChI is InChI=1S/C21H35N3O6/c1-21(2,3)30-20(28)24(4)16(11-13-8-9-13)18(26)23-15(19(27)29-5)12-14-7-6-10-22-17(14)25/h13-16H,6-12H2,1-5H3,(H,22,25)(H,23,26)/t14-,15?,16?/m0/s1. The molecule has 1 saturated heterocycles. The molecule has 0 radical (unpaired) electrons. The number of rotatable bonds is 8. The molecule has 30 heavy (non-hydrogen) atoms. The Balaban J connectivity index is 2.10. The number of nitrogens with zero attached hydrogens (tertiary/aromatic N) is 1. The van der Waals surface area contributed by atoms with Gasteiger partial charge in [0, 0.05) is 19.5 Å². The van der Waals surface area contributed by atoms with Gasteiger partial charge in [0.15, 0.2) is 0 Å². The van der Waals surface area contributed by atoms with Crippen LogP contribution in [0.4, 0.5) is 4.79 Å². The second-order valence-corrected chi connectivity index (χ2v) is 9.24. The average Bonchev–Trinajstić information content (AvgIpc) is 3.48. The van der Waals surface area contributed by atoms with E-state index in [0.717, 1.165) is 19.3 Å². The van der Waals surface area contributed by atoms with Crippen LogP contribution in [0.1, 0.15) is 59.3 Å². The van der Waals surface area contributed by atoms with E-state index in [1.807, 2.05) is 0 Å². The molecular formula is C21H35N3O6. The summed E-state index contributed by atoms with van der Waals surface area (Å²) in [6, 6.07) is -1.72. The van der Waals surface area contributed by atoms with Gasteiger partial charge < -0.3 is 20.1 Å². The number of ether oxygens (including phenoxy) is 2. The molecule has 2 aliphatic rings. The fourth-order valence-corrected chi connectivity index (χ4v) is 3.54. The molecule has 170 valence electrons. The van der Waals surface area contributed by atoms with Gasteiger partial charge in [-0.2, -0.15) is 0 Å². The van der Waals surface area contributed by atoms with E-state index in [2.05, 4.69) is 10.6 Å². The highest BCUT2D eigenvalue weighted by Gasteiger charge is 2.38. The number of hydrogen-bond donors (Lipinski definition) is 2. The third kappa shape index (κ3) is 7.18. The molecule has 0 spiro atoms. The van der Waals surface area contributed by atoms with Crippen LogP contribution in [-0.4, -0.2) is 67.2 Å². The molecule has 0 aromatic rings. The van der Waals surface area contributed by atoms with Crippen molar-refractivity contribution in [3.8, 4) is 0 Å². The monoisotopic (exact) mass is 425 g/mol. The van der Waals surface area contributed by atoms with Crippen LogP contribution in [-0.2, 0) is 23.9 Å². The van der Waals surface area contributed by atoms with Crippen LogP contribution in [0.3, 0.4) is 0 Å². The molecule has 1 aliphatic carbocycles. The first kappa shape index (κ1) is 24.0. The molecular weight excluding hydrogens is 390 g/mol. The molecule has 2 unspecified atom stereocenters. The first-order chi connectivity index (χ1) is 14.0. The predicted molar refractivity (Wildman–Crippen MR) is 109 cm³/mol. The number of methoxy groups -OCH3 is 1. The average molecular weight is 426 g/mol. The van der Waals surface area contributed by atoms with Gasteiger partial charge in [-0.3, -0.25) is 14.5 Å². The van der Waals surface area contributed by atoms with Crippen molar-refractivity contribution in [1.82, 2.24) is 15.5 Å². The molecule has 2 rings (SSSR count). The number of esters is 1. The van der Waals surface area contributed by atoms with Gasteiger partial charge >= 0.3 is 12.1 Å². The highest BCUT2D eigenvalue weighted by Crippen LogP contribution is 2.35. The number of nitrogens with one attached hydrogen (secondary N) is 2. The zero-order chi connectivity index (χ0) is 22.5. The number of amides is 3. The van der Waals surface area contributed by atoms with Gasteiger partial charge in [0.25, 0.3) is 0 Å². The van der Waals surface area contributed by atoms with Crippen LogP contribution < -0.4 is 10.6 Å². The van der Waals surface area contributed by atoms with Crippen molar-refractivity contribution in [1.29, 1.82) is 0 Å². The van der Waals surface area contributed by atoms with E-state index in [-0.39, 0.29) is 18.2 Å². The van der Waals surface area contributed by atoms with Gasteiger partial charge in [-0.25, -0.2) is 9.59 Å². The van der Waals surface area contributed by atoms with Crippen molar-refractivity contribution in [3.63, 3.8) is 0 Å². The SMILES string of the molecule is COC(=O)C(C[C@@H]1CCCNC1=O)NC(=O)C(CC1CC1)N(C)C(=O)OC(C)(C)C. The van der Waals surface area contributed by atoms with Crippen molar-refractivity contribution in [2.24, 2.45) is 11.8 Å². The number of carbonyl (C=O) groups excluding carboxylic acids is 4. The van der Waals surface area contributed by atoms with Crippen LogP contribution in [0.25, 0.3) is 0 Å². The lowest BCUT2D eigenvalue weighted by Gasteiger charge is -2.31. The Hall–Kier alpha value is -2.32. The highest BCUT2D eigenvalue weighted by molar-refractivity contribution is 5.90. The molecule has 3 atom stereocenters. The summed E-state index contributed by atoms with van der Waals surface area (Å²) < 4.78 is 10.3. The summed E-state index contributed by atoms with van der Waals surface area (Å²) >= 11 is 0. The van der Waals surface area contributed by atoms with Gasteiger partial charge in [0.2, 0.25) is 11.8 Å². The fourth-order valence-electron chi connectivity index (χ4n) is 3.54. The Morgan fingerprint density at radius 1 is 1.20 bits per heavy atom. The third-order valence-corrected chi connectivity index (χ3v) is 5.43. The van der Waals surface area contributed by atoms with Crippen LogP contribution in [0.2, 0.25) is 0 Å². The maximum atomic E-state index is 13.1. The summed E-state index contributed by atoms with van der Waals surface area (Å²) in [5, 5.41) is 5.51. The van der Waals surface area contributed by atoms with Gasteiger partial charge in [0.1, 0.15) is 17.7 Å². The van der Waals surface area contributed by atoms with E-state index < -0.39 is 35.7 Å². The summed E-state index contributed by atoms with van der Waals surface area (Å²) in [6.45, 7) is 5.90. The minimum absolute atomic E-state index is 0.121. The largest absolute Gasteiger partial charge is 0.467 e. The van der Waals surface area contributed by atoms with E-state index in [4.69, 9.17) is 9.47 Å². The molecule has 0 bridgehead atoms. The topological polar surface area (TPSA) is 114 Å². The lowest BCUT2D eigenvalue weighted by molar-refractivity contribution is -0.146. The maximum Gasteiger partial charge on any atom is 0.410 e. The molecule has 1 heterocycles. The highest BCUT2D eigenvalue weighted by atomic mass is 16.6. The van der Waals surface area contributed by atoms with Crippen molar-refractivity contribution in [3.05, 3.63) is 0 Å². The zero-order valence-corrected chi connectivity index (χ0v) is 18.7. The summed E-state index contributed by atoms with van der Waals surface area (Å²) in [6.07, 6.45) is 3.56. The predicted octanol–water partition coefficient (Wildman–Crippen LogP) is 1.60. The van der Waals surface area contributed by atoms with Gasteiger partial charge in [0.05, 0.1) is 7.11 Å². The van der Waals surface area contributed by atoms with E-state index in [9.17, 15) is 19.2 Å². The van der Waals surface area contributed by atoms with E-state index >= 15 is 0 Å². The van der Waals surface area contributed by atoms with Crippen molar-refractivity contribution < 1.29 is 28.7 Å². The van der Waals surface area contributed by atoms with Crippen LogP contribution >= 0.6 is 0 Å². The van der Waals surface area contributed by atoms with Crippen molar-refractivity contribution in [2.45, 2.75) is 77.0 Å². The van der Waals surface area contributed by atoms with Crippen molar-refractivity contribution >= 4 is 23.9 Å². The van der Waals surface area contributed by atoms with E-state index in [1.165, 1.54) is 19.1 Å². The summed E-state index contributed by atoms with van der Waals surface area (Å²) in [7, 11) is 2.78.